The van der Waals surface area contributed by atoms with Gasteiger partial charge in [0.25, 0.3) is 5.91 Å². The van der Waals surface area contributed by atoms with Gasteiger partial charge in [0.05, 0.1) is 0 Å². The Kier molecular flexibility index (Phi) is 3.10. The molecule has 1 aromatic rings. The summed E-state index contributed by atoms with van der Waals surface area (Å²) in [5.41, 5.74) is 3.97. The molecular formula is C12H15N3O2. The second-order valence-electron chi connectivity index (χ2n) is 4.08. The number of anilines is 1. The Bertz CT molecular complexity index is 459. The molecule has 1 heterocycles. The summed E-state index contributed by atoms with van der Waals surface area (Å²) in [4.78, 5) is 25.0. The molecule has 2 rings (SSSR count). The van der Waals surface area contributed by atoms with Gasteiger partial charge in [-0.25, -0.2) is 5.84 Å². The Labute approximate surface area is 99.6 Å². The third-order valence-corrected chi connectivity index (χ3v) is 3.04. The molecule has 0 radical (unpaired) electrons. The van der Waals surface area contributed by atoms with Crippen molar-refractivity contribution in [2.24, 2.45) is 5.84 Å². The number of rotatable bonds is 2. The number of nitrogens with one attached hydrogen (secondary N) is 1. The highest BCUT2D eigenvalue weighted by Gasteiger charge is 2.31. The Hall–Kier alpha value is -1.88. The lowest BCUT2D eigenvalue weighted by molar-refractivity contribution is -0.126. The molecular weight excluding hydrogens is 218 g/mol. The molecule has 5 heteroatoms. The molecule has 90 valence electrons. The van der Waals surface area contributed by atoms with E-state index in [1.165, 1.54) is 4.90 Å². The number of carbonyl (C=O) groups is 2. The van der Waals surface area contributed by atoms with Crippen LogP contribution in [0.2, 0.25) is 0 Å². The van der Waals surface area contributed by atoms with Crippen LogP contribution in [0.1, 0.15) is 18.9 Å². The SMILES string of the molecule is CC(C(=O)NN)N1C(=O)CCc2ccccc21. The van der Waals surface area contributed by atoms with Crippen molar-refractivity contribution in [2.45, 2.75) is 25.8 Å². The summed E-state index contributed by atoms with van der Waals surface area (Å²) in [6.45, 7) is 1.67. The average molecular weight is 233 g/mol. The first kappa shape index (κ1) is 11.6. The van der Waals surface area contributed by atoms with E-state index in [9.17, 15) is 9.59 Å². The van der Waals surface area contributed by atoms with E-state index in [0.717, 1.165) is 17.7 Å². The van der Waals surface area contributed by atoms with Crippen molar-refractivity contribution < 1.29 is 9.59 Å². The number of aryl methyl sites for hydroxylation is 1. The molecule has 0 saturated heterocycles. The highest BCUT2D eigenvalue weighted by atomic mass is 16.2. The van der Waals surface area contributed by atoms with Gasteiger partial charge in [-0.15, -0.1) is 0 Å². The predicted octanol–water partition coefficient (Wildman–Crippen LogP) is 0.344. The zero-order valence-electron chi connectivity index (χ0n) is 9.64. The van der Waals surface area contributed by atoms with Gasteiger partial charge in [-0.3, -0.25) is 19.9 Å². The molecule has 3 N–H and O–H groups in total. The first-order chi connectivity index (χ1) is 8.15. The maximum atomic E-state index is 11.9. The van der Waals surface area contributed by atoms with Crippen molar-refractivity contribution in [3.8, 4) is 0 Å². The summed E-state index contributed by atoms with van der Waals surface area (Å²) >= 11 is 0. The van der Waals surface area contributed by atoms with Crippen molar-refractivity contribution in [3.05, 3.63) is 29.8 Å². The fourth-order valence-corrected chi connectivity index (χ4v) is 2.12. The minimum Gasteiger partial charge on any atom is -0.300 e. The van der Waals surface area contributed by atoms with Crippen LogP contribution >= 0.6 is 0 Å². The van der Waals surface area contributed by atoms with Crippen molar-refractivity contribution in [3.63, 3.8) is 0 Å². The zero-order valence-corrected chi connectivity index (χ0v) is 9.64. The van der Waals surface area contributed by atoms with Crippen molar-refractivity contribution in [1.29, 1.82) is 0 Å². The highest BCUT2D eigenvalue weighted by molar-refractivity contribution is 6.02. The van der Waals surface area contributed by atoms with Crippen molar-refractivity contribution >= 4 is 17.5 Å². The molecule has 0 aromatic heterocycles. The van der Waals surface area contributed by atoms with E-state index in [2.05, 4.69) is 5.43 Å². The van der Waals surface area contributed by atoms with Crippen LogP contribution in [0.5, 0.6) is 0 Å². The minimum absolute atomic E-state index is 0.0419. The number of para-hydroxylation sites is 1. The summed E-state index contributed by atoms with van der Waals surface area (Å²) in [6.07, 6.45) is 1.15. The average Bonchev–Trinajstić information content (AvgIpc) is 2.37. The van der Waals surface area contributed by atoms with Crippen LogP contribution in [-0.4, -0.2) is 17.9 Å². The summed E-state index contributed by atoms with van der Waals surface area (Å²) in [5, 5.41) is 0. The van der Waals surface area contributed by atoms with E-state index in [1.807, 2.05) is 24.3 Å². The number of benzene rings is 1. The Balaban J connectivity index is 2.39. The first-order valence-electron chi connectivity index (χ1n) is 5.55. The summed E-state index contributed by atoms with van der Waals surface area (Å²) in [7, 11) is 0. The monoisotopic (exact) mass is 233 g/mol. The van der Waals surface area contributed by atoms with Crippen LogP contribution in [0.3, 0.4) is 0 Å². The molecule has 1 atom stereocenters. The first-order valence-corrected chi connectivity index (χ1v) is 5.55. The largest absolute Gasteiger partial charge is 0.300 e. The highest BCUT2D eigenvalue weighted by Crippen LogP contribution is 2.29. The maximum absolute atomic E-state index is 11.9. The Morgan fingerprint density at radius 1 is 1.41 bits per heavy atom. The quantitative estimate of drug-likeness (QED) is 0.439. The second kappa shape index (κ2) is 4.55. The summed E-state index contributed by atoms with van der Waals surface area (Å²) in [5.74, 6) is 4.70. The molecule has 0 fully saturated rings. The van der Waals surface area contributed by atoms with Crippen LogP contribution in [0.25, 0.3) is 0 Å². The van der Waals surface area contributed by atoms with Crippen molar-refractivity contribution in [1.82, 2.24) is 5.43 Å². The number of nitrogens with two attached hydrogens (primary N) is 1. The number of hydrazine groups is 1. The lowest BCUT2D eigenvalue weighted by atomic mass is 9.99. The molecule has 1 aromatic carbocycles. The number of fused-ring (bicyclic) bond motifs is 1. The molecule has 0 spiro atoms. The van der Waals surface area contributed by atoms with Gasteiger partial charge in [0.2, 0.25) is 5.91 Å². The van der Waals surface area contributed by atoms with Crippen LogP contribution in [0.4, 0.5) is 5.69 Å². The smallest absolute Gasteiger partial charge is 0.256 e. The third kappa shape index (κ3) is 2.01. The normalized spacial score (nSPS) is 16.4. The number of amides is 2. The number of hydrogen-bond acceptors (Lipinski definition) is 3. The molecule has 17 heavy (non-hydrogen) atoms. The molecule has 5 nitrogen and oxygen atoms in total. The molecule has 1 unspecified atom stereocenters. The van der Waals surface area contributed by atoms with E-state index in [-0.39, 0.29) is 11.8 Å². The lowest BCUT2D eigenvalue weighted by Gasteiger charge is -2.33. The van der Waals surface area contributed by atoms with Gasteiger partial charge in [0.1, 0.15) is 6.04 Å². The number of hydrogen-bond donors (Lipinski definition) is 2. The van der Waals surface area contributed by atoms with E-state index in [1.54, 1.807) is 6.92 Å². The van der Waals surface area contributed by atoms with Gasteiger partial charge in [0.15, 0.2) is 0 Å². The Morgan fingerprint density at radius 3 is 2.82 bits per heavy atom. The molecule has 1 aliphatic heterocycles. The predicted molar refractivity (Wildman–Crippen MR) is 64.0 cm³/mol. The van der Waals surface area contributed by atoms with Gasteiger partial charge in [-0.05, 0) is 25.0 Å². The lowest BCUT2D eigenvalue weighted by Crippen LogP contribution is -2.51. The van der Waals surface area contributed by atoms with Gasteiger partial charge in [-0.2, -0.15) is 0 Å². The minimum atomic E-state index is -0.589. The van der Waals surface area contributed by atoms with Gasteiger partial charge in [-0.1, -0.05) is 18.2 Å². The van der Waals surface area contributed by atoms with Crippen molar-refractivity contribution in [2.75, 3.05) is 4.90 Å². The van der Waals surface area contributed by atoms with Crippen LogP contribution in [0.15, 0.2) is 24.3 Å². The third-order valence-electron chi connectivity index (χ3n) is 3.04. The van der Waals surface area contributed by atoms with E-state index in [0.29, 0.717) is 6.42 Å². The topological polar surface area (TPSA) is 75.4 Å². The van der Waals surface area contributed by atoms with Crippen LogP contribution in [0, 0.1) is 0 Å². The molecule has 1 aliphatic rings. The molecule has 0 saturated carbocycles. The maximum Gasteiger partial charge on any atom is 0.256 e. The summed E-state index contributed by atoms with van der Waals surface area (Å²) in [6, 6.07) is 7.03. The zero-order chi connectivity index (χ0) is 12.4. The van der Waals surface area contributed by atoms with E-state index >= 15 is 0 Å². The van der Waals surface area contributed by atoms with Crippen LogP contribution < -0.4 is 16.2 Å². The van der Waals surface area contributed by atoms with Gasteiger partial charge >= 0.3 is 0 Å². The number of carbonyl (C=O) groups excluding carboxylic acids is 2. The standard InChI is InChI=1S/C12H15N3O2/c1-8(12(17)14-13)15-10-5-3-2-4-9(10)6-7-11(15)16/h2-5,8H,6-7,13H2,1H3,(H,14,17). The van der Waals surface area contributed by atoms with Gasteiger partial charge < -0.3 is 0 Å². The molecule has 2 amide bonds. The Morgan fingerprint density at radius 2 is 2.12 bits per heavy atom. The van der Waals surface area contributed by atoms with E-state index in [4.69, 9.17) is 5.84 Å². The fourth-order valence-electron chi connectivity index (χ4n) is 2.12. The van der Waals surface area contributed by atoms with Crippen LogP contribution in [-0.2, 0) is 16.0 Å². The number of nitrogens with zero attached hydrogens (tertiary/aromatic N) is 1. The van der Waals surface area contributed by atoms with Gasteiger partial charge in [0, 0.05) is 12.1 Å². The van der Waals surface area contributed by atoms with E-state index < -0.39 is 6.04 Å². The molecule has 0 bridgehead atoms. The second-order valence-corrected chi connectivity index (χ2v) is 4.08. The fraction of sp³-hybridized carbons (Fsp3) is 0.333. The summed E-state index contributed by atoms with van der Waals surface area (Å²) < 4.78 is 0. The molecule has 0 aliphatic carbocycles.